The molecule has 3 aliphatic rings. The maximum Gasteiger partial charge on any atom is 0.337 e. The maximum atomic E-state index is 13.5. The molecule has 4 unspecified atom stereocenters. The Kier molecular flexibility index (Phi) is 5.44. The van der Waals surface area contributed by atoms with Crippen LogP contribution in [0.5, 0.6) is 0 Å². The van der Waals surface area contributed by atoms with Gasteiger partial charge in [0.15, 0.2) is 6.29 Å². The third-order valence-electron chi connectivity index (χ3n) is 6.43. The highest BCUT2D eigenvalue weighted by Gasteiger charge is 2.55. The molecule has 1 aromatic carbocycles. The van der Waals surface area contributed by atoms with Gasteiger partial charge in [0.1, 0.15) is 0 Å². The first-order chi connectivity index (χ1) is 14.3. The van der Waals surface area contributed by atoms with Crippen molar-refractivity contribution in [2.45, 2.75) is 65.0 Å². The molecule has 3 fully saturated rings. The Hall–Kier alpha value is -2.61. The fourth-order valence-electron chi connectivity index (χ4n) is 4.88. The lowest BCUT2D eigenvalue weighted by Gasteiger charge is -2.49. The van der Waals surface area contributed by atoms with Gasteiger partial charge in [-0.15, -0.1) is 0 Å². The first-order valence-corrected chi connectivity index (χ1v) is 10.7. The van der Waals surface area contributed by atoms with Crippen LogP contribution < -0.4 is 10.7 Å². The molecule has 4 amide bonds. The molecule has 0 bridgehead atoms. The molecule has 8 nitrogen and oxygen atoms in total. The van der Waals surface area contributed by atoms with Gasteiger partial charge in [-0.1, -0.05) is 29.8 Å². The molecule has 2 N–H and O–H groups in total. The van der Waals surface area contributed by atoms with Crippen LogP contribution in [-0.2, 0) is 16.1 Å². The number of fused-ring (bicyclic) bond motifs is 3. The zero-order valence-corrected chi connectivity index (χ0v) is 18.1. The highest BCUT2D eigenvalue weighted by molar-refractivity contribution is 5.86. The first kappa shape index (κ1) is 20.7. The summed E-state index contributed by atoms with van der Waals surface area (Å²) in [5.74, 6) is -0.376. The molecule has 8 heteroatoms. The zero-order valence-electron chi connectivity index (χ0n) is 18.1. The van der Waals surface area contributed by atoms with Crippen LogP contribution >= 0.6 is 0 Å². The van der Waals surface area contributed by atoms with Crippen LogP contribution in [0, 0.1) is 18.8 Å². The Balaban J connectivity index is 1.59. The van der Waals surface area contributed by atoms with E-state index in [2.05, 4.69) is 10.7 Å². The van der Waals surface area contributed by atoms with Gasteiger partial charge >= 0.3 is 6.03 Å². The molecular weight excluding hydrogens is 382 g/mol. The molecule has 4 rings (SSSR count). The van der Waals surface area contributed by atoms with Gasteiger partial charge in [0.05, 0.1) is 5.92 Å². The van der Waals surface area contributed by atoms with Gasteiger partial charge in [-0.05, 0) is 45.6 Å². The number of urea groups is 1. The third kappa shape index (κ3) is 3.64. The van der Waals surface area contributed by atoms with Crippen LogP contribution in [0.1, 0.15) is 44.2 Å². The summed E-state index contributed by atoms with van der Waals surface area (Å²) in [6.07, 6.45) is 1.28. The van der Waals surface area contributed by atoms with E-state index < -0.39 is 6.29 Å². The van der Waals surface area contributed by atoms with Crippen molar-refractivity contribution in [3.8, 4) is 0 Å². The van der Waals surface area contributed by atoms with Gasteiger partial charge in [-0.25, -0.2) is 4.79 Å². The van der Waals surface area contributed by atoms with Crippen molar-refractivity contribution < 1.29 is 14.4 Å². The number of hydrazine groups is 1. The molecule has 2 saturated heterocycles. The number of hydrogen-bond donors (Lipinski definition) is 2. The zero-order chi connectivity index (χ0) is 21.6. The van der Waals surface area contributed by atoms with Crippen molar-refractivity contribution in [2.75, 3.05) is 7.05 Å². The summed E-state index contributed by atoms with van der Waals surface area (Å²) in [6.45, 7) is 6.35. The van der Waals surface area contributed by atoms with E-state index in [1.54, 1.807) is 16.8 Å². The Morgan fingerprint density at radius 1 is 1.20 bits per heavy atom. The second-order valence-electron chi connectivity index (χ2n) is 9.05. The monoisotopic (exact) mass is 413 g/mol. The van der Waals surface area contributed by atoms with Crippen LogP contribution in [0.4, 0.5) is 4.79 Å². The van der Waals surface area contributed by atoms with E-state index >= 15 is 0 Å². The Labute approximate surface area is 177 Å². The van der Waals surface area contributed by atoms with E-state index in [1.165, 1.54) is 5.01 Å². The standard InChI is InChI=1S/C22H31N5O3/c1-13(2)23-19(28)16-9-10-17-18(11-16)27-21(24-25(4)22(27)30)26(20(17)29)12-15-7-5-14(3)6-8-15/h5-8,13,16-18,21,24H,9-12H2,1-4H3,(H,23,28). The number of aryl methyl sites for hydroxylation is 1. The maximum absolute atomic E-state index is 13.5. The first-order valence-electron chi connectivity index (χ1n) is 10.7. The number of rotatable bonds is 4. The van der Waals surface area contributed by atoms with Crippen LogP contribution in [0.25, 0.3) is 0 Å². The van der Waals surface area contributed by atoms with Crippen molar-refractivity contribution in [2.24, 2.45) is 11.8 Å². The van der Waals surface area contributed by atoms with E-state index in [1.807, 2.05) is 45.0 Å². The Morgan fingerprint density at radius 2 is 1.90 bits per heavy atom. The molecule has 4 atom stereocenters. The van der Waals surface area contributed by atoms with Gasteiger partial charge in [-0.3, -0.25) is 19.5 Å². The Bertz CT molecular complexity index is 840. The molecule has 0 radical (unpaired) electrons. The summed E-state index contributed by atoms with van der Waals surface area (Å²) in [5, 5.41) is 4.43. The fourth-order valence-corrected chi connectivity index (χ4v) is 4.88. The normalized spacial score (nSPS) is 28.6. The summed E-state index contributed by atoms with van der Waals surface area (Å²) in [5.41, 5.74) is 5.33. The van der Waals surface area contributed by atoms with Crippen LogP contribution in [0.3, 0.4) is 0 Å². The summed E-state index contributed by atoms with van der Waals surface area (Å²) in [6, 6.07) is 7.76. The lowest BCUT2D eigenvalue weighted by atomic mass is 9.75. The minimum atomic E-state index is -0.524. The number of hydrogen-bond acceptors (Lipinski definition) is 4. The largest absolute Gasteiger partial charge is 0.354 e. The average Bonchev–Trinajstić information content (AvgIpc) is 3.00. The molecule has 1 aromatic rings. The third-order valence-corrected chi connectivity index (χ3v) is 6.43. The number of amides is 4. The molecule has 30 heavy (non-hydrogen) atoms. The molecular formula is C22H31N5O3. The van der Waals surface area contributed by atoms with E-state index in [0.29, 0.717) is 25.8 Å². The predicted octanol–water partition coefficient (Wildman–Crippen LogP) is 1.80. The van der Waals surface area contributed by atoms with Gasteiger partial charge in [-0.2, -0.15) is 5.43 Å². The molecule has 162 valence electrons. The summed E-state index contributed by atoms with van der Waals surface area (Å²) >= 11 is 0. The number of nitrogens with zero attached hydrogens (tertiary/aromatic N) is 3. The molecule has 1 aliphatic carbocycles. The number of carbonyl (C=O) groups excluding carboxylic acids is 3. The van der Waals surface area contributed by atoms with Crippen LogP contribution in [0.2, 0.25) is 0 Å². The highest BCUT2D eigenvalue weighted by atomic mass is 16.2. The van der Waals surface area contributed by atoms with Gasteiger partial charge in [0.25, 0.3) is 0 Å². The lowest BCUT2D eigenvalue weighted by molar-refractivity contribution is -0.159. The van der Waals surface area contributed by atoms with Crippen LogP contribution in [-0.4, -0.2) is 58.1 Å². The van der Waals surface area contributed by atoms with Gasteiger partial charge < -0.3 is 10.2 Å². The molecule has 0 aromatic heterocycles. The van der Waals surface area contributed by atoms with Gasteiger partial charge in [0, 0.05) is 31.6 Å². The SMILES string of the molecule is Cc1ccc(CN2C(=O)C3CCC(C(=O)NC(C)C)CC3N3C(=O)N(C)NC23)cc1. The number of benzene rings is 1. The number of nitrogens with one attached hydrogen (secondary N) is 2. The highest BCUT2D eigenvalue weighted by Crippen LogP contribution is 2.40. The predicted molar refractivity (Wildman–Crippen MR) is 112 cm³/mol. The molecule has 2 heterocycles. The van der Waals surface area contributed by atoms with E-state index in [9.17, 15) is 14.4 Å². The number of carbonyl (C=O) groups is 3. The van der Waals surface area contributed by atoms with E-state index in [0.717, 1.165) is 11.1 Å². The molecule has 2 aliphatic heterocycles. The Morgan fingerprint density at radius 3 is 2.57 bits per heavy atom. The summed E-state index contributed by atoms with van der Waals surface area (Å²) < 4.78 is 0. The molecule has 1 saturated carbocycles. The second kappa shape index (κ2) is 7.91. The van der Waals surface area contributed by atoms with Crippen molar-refractivity contribution in [3.63, 3.8) is 0 Å². The van der Waals surface area contributed by atoms with Crippen LogP contribution in [0.15, 0.2) is 24.3 Å². The quantitative estimate of drug-likeness (QED) is 0.788. The summed E-state index contributed by atoms with van der Waals surface area (Å²) in [7, 11) is 1.68. The smallest absolute Gasteiger partial charge is 0.337 e. The van der Waals surface area contributed by atoms with Crippen molar-refractivity contribution in [3.05, 3.63) is 35.4 Å². The van der Waals surface area contributed by atoms with Gasteiger partial charge in [0.2, 0.25) is 11.8 Å². The second-order valence-corrected chi connectivity index (χ2v) is 9.05. The van der Waals surface area contributed by atoms with Crippen molar-refractivity contribution in [1.82, 2.24) is 25.6 Å². The topological polar surface area (TPSA) is 85.0 Å². The minimum absolute atomic E-state index is 0.0162. The summed E-state index contributed by atoms with van der Waals surface area (Å²) in [4.78, 5) is 42.6. The fraction of sp³-hybridized carbons (Fsp3) is 0.591. The van der Waals surface area contributed by atoms with Crippen molar-refractivity contribution >= 4 is 17.8 Å². The van der Waals surface area contributed by atoms with Crippen molar-refractivity contribution in [1.29, 1.82) is 0 Å². The average molecular weight is 414 g/mol. The van der Waals surface area contributed by atoms with E-state index in [-0.39, 0.29) is 41.8 Å². The molecule has 0 spiro atoms. The van der Waals surface area contributed by atoms with E-state index in [4.69, 9.17) is 0 Å². The lowest BCUT2D eigenvalue weighted by Crippen LogP contribution is -2.66. The minimum Gasteiger partial charge on any atom is -0.354 e.